The highest BCUT2D eigenvalue weighted by Gasteiger charge is 2.34. The molecular formula is C15H19F3N2. The molecule has 3 N–H and O–H groups in total. The number of nitrogens with two attached hydrogens (primary N) is 1. The van der Waals surface area contributed by atoms with Crippen LogP contribution in [0.4, 0.5) is 13.2 Å². The van der Waals surface area contributed by atoms with E-state index in [0.29, 0.717) is 6.42 Å². The Balaban J connectivity index is 2.25. The molecule has 0 saturated carbocycles. The minimum atomic E-state index is -4.35. The average Bonchev–Trinajstić information content (AvgIpc) is 2.45. The normalized spacial score (nSPS) is 17.7. The molecule has 1 aromatic rings. The summed E-state index contributed by atoms with van der Waals surface area (Å²) in [5, 5.41) is 0. The fraction of sp³-hybridized carbons (Fsp3) is 0.467. The lowest BCUT2D eigenvalue weighted by Crippen LogP contribution is -2.30. The van der Waals surface area contributed by atoms with Crippen LogP contribution in [-0.2, 0) is 6.18 Å². The molecule has 0 fully saturated rings. The molecular weight excluding hydrogens is 265 g/mol. The number of rotatable bonds is 4. The molecule has 5 heteroatoms. The van der Waals surface area contributed by atoms with Gasteiger partial charge >= 0.3 is 6.18 Å². The number of benzene rings is 1. The van der Waals surface area contributed by atoms with E-state index in [1.54, 1.807) is 6.07 Å². The van der Waals surface area contributed by atoms with Crippen LogP contribution in [0.1, 0.15) is 49.3 Å². The van der Waals surface area contributed by atoms with E-state index in [-0.39, 0.29) is 5.56 Å². The maximum atomic E-state index is 13.0. The lowest BCUT2D eigenvalue weighted by atomic mass is 9.90. The summed E-state index contributed by atoms with van der Waals surface area (Å²) in [6.45, 7) is 0. The van der Waals surface area contributed by atoms with Gasteiger partial charge in [0.15, 0.2) is 0 Å². The predicted octanol–water partition coefficient (Wildman–Crippen LogP) is 4.10. The van der Waals surface area contributed by atoms with Crippen LogP contribution in [0.3, 0.4) is 0 Å². The fourth-order valence-corrected chi connectivity index (χ4v) is 2.67. The van der Waals surface area contributed by atoms with Crippen molar-refractivity contribution in [1.29, 1.82) is 0 Å². The number of allylic oxidation sites excluding steroid dienone is 1. The van der Waals surface area contributed by atoms with Gasteiger partial charge in [0.1, 0.15) is 0 Å². The first-order chi connectivity index (χ1) is 9.52. The maximum absolute atomic E-state index is 13.0. The van der Waals surface area contributed by atoms with Crippen molar-refractivity contribution in [2.45, 2.75) is 44.3 Å². The summed E-state index contributed by atoms with van der Waals surface area (Å²) in [7, 11) is 0. The molecule has 0 amide bonds. The number of alkyl halides is 3. The quantitative estimate of drug-likeness (QED) is 0.496. The Morgan fingerprint density at radius 3 is 2.55 bits per heavy atom. The molecule has 1 atom stereocenters. The lowest BCUT2D eigenvalue weighted by Gasteiger charge is -2.23. The molecule has 1 aliphatic carbocycles. The highest BCUT2D eigenvalue weighted by molar-refractivity contribution is 5.33. The zero-order chi connectivity index (χ0) is 14.6. The monoisotopic (exact) mass is 284 g/mol. The second-order valence-corrected chi connectivity index (χ2v) is 5.12. The summed E-state index contributed by atoms with van der Waals surface area (Å²) in [5.74, 6) is 5.49. The molecule has 1 aliphatic rings. The van der Waals surface area contributed by atoms with Gasteiger partial charge in [0, 0.05) is 0 Å². The van der Waals surface area contributed by atoms with Gasteiger partial charge in [-0.1, -0.05) is 29.8 Å². The first-order valence-corrected chi connectivity index (χ1v) is 6.82. The molecule has 0 radical (unpaired) electrons. The van der Waals surface area contributed by atoms with Crippen LogP contribution in [0, 0.1) is 0 Å². The lowest BCUT2D eigenvalue weighted by molar-refractivity contribution is -0.138. The van der Waals surface area contributed by atoms with E-state index >= 15 is 0 Å². The first-order valence-electron chi connectivity index (χ1n) is 6.82. The average molecular weight is 284 g/mol. The third-order valence-electron chi connectivity index (χ3n) is 3.69. The summed E-state index contributed by atoms with van der Waals surface area (Å²) in [6, 6.07) is 5.12. The smallest absolute Gasteiger partial charge is 0.271 e. The van der Waals surface area contributed by atoms with E-state index < -0.39 is 17.8 Å². The number of hydrazine groups is 1. The van der Waals surface area contributed by atoms with Crippen LogP contribution < -0.4 is 11.3 Å². The van der Waals surface area contributed by atoms with Gasteiger partial charge in [-0.3, -0.25) is 11.3 Å². The summed E-state index contributed by atoms with van der Waals surface area (Å²) in [4.78, 5) is 0. The third-order valence-corrected chi connectivity index (χ3v) is 3.69. The molecule has 0 aromatic heterocycles. The van der Waals surface area contributed by atoms with Crippen molar-refractivity contribution in [3.05, 3.63) is 47.0 Å². The van der Waals surface area contributed by atoms with Gasteiger partial charge in [-0.25, -0.2) is 0 Å². The molecule has 110 valence electrons. The van der Waals surface area contributed by atoms with Crippen molar-refractivity contribution in [3.63, 3.8) is 0 Å². The molecule has 20 heavy (non-hydrogen) atoms. The SMILES string of the molecule is NNC(CC1=CCCCC1)c1ccccc1C(F)(F)F. The van der Waals surface area contributed by atoms with E-state index in [9.17, 15) is 13.2 Å². The van der Waals surface area contributed by atoms with Gasteiger partial charge in [0.2, 0.25) is 0 Å². The molecule has 2 rings (SSSR count). The minimum absolute atomic E-state index is 0.217. The molecule has 0 saturated heterocycles. The topological polar surface area (TPSA) is 38.0 Å². The highest BCUT2D eigenvalue weighted by Crippen LogP contribution is 2.36. The zero-order valence-corrected chi connectivity index (χ0v) is 11.2. The third kappa shape index (κ3) is 3.61. The van der Waals surface area contributed by atoms with E-state index in [2.05, 4.69) is 11.5 Å². The van der Waals surface area contributed by atoms with E-state index in [1.807, 2.05) is 0 Å². The van der Waals surface area contributed by atoms with Crippen LogP contribution in [0.25, 0.3) is 0 Å². The van der Waals surface area contributed by atoms with Crippen molar-refractivity contribution in [2.24, 2.45) is 5.84 Å². The summed E-state index contributed by atoms with van der Waals surface area (Å²) >= 11 is 0. The van der Waals surface area contributed by atoms with Crippen LogP contribution in [0.15, 0.2) is 35.9 Å². The van der Waals surface area contributed by atoms with E-state index in [1.165, 1.54) is 17.7 Å². The summed E-state index contributed by atoms with van der Waals surface area (Å²) < 4.78 is 39.1. The first kappa shape index (κ1) is 15.1. The molecule has 2 nitrogen and oxygen atoms in total. The van der Waals surface area contributed by atoms with Gasteiger partial charge in [-0.15, -0.1) is 0 Å². The molecule has 1 unspecified atom stereocenters. The number of halogens is 3. The Hall–Kier alpha value is -1.33. The van der Waals surface area contributed by atoms with Crippen molar-refractivity contribution >= 4 is 0 Å². The van der Waals surface area contributed by atoms with Gasteiger partial charge < -0.3 is 0 Å². The van der Waals surface area contributed by atoms with Gasteiger partial charge in [-0.05, 0) is 43.7 Å². The van der Waals surface area contributed by atoms with Gasteiger partial charge in [0.25, 0.3) is 0 Å². The molecule has 0 aliphatic heterocycles. The maximum Gasteiger partial charge on any atom is 0.416 e. The molecule has 1 aromatic carbocycles. The predicted molar refractivity (Wildman–Crippen MR) is 72.7 cm³/mol. The van der Waals surface area contributed by atoms with Crippen LogP contribution >= 0.6 is 0 Å². The number of hydrogen-bond donors (Lipinski definition) is 2. The Kier molecular flexibility index (Phi) is 4.83. The zero-order valence-electron chi connectivity index (χ0n) is 11.2. The van der Waals surface area contributed by atoms with Crippen molar-refractivity contribution < 1.29 is 13.2 Å². The standard InChI is InChI=1S/C15H19F3N2/c16-15(17,18)13-9-5-4-8-12(13)14(20-19)10-11-6-2-1-3-7-11/h4-6,8-9,14,20H,1-3,7,10,19H2. The Labute approximate surface area is 116 Å². The summed E-state index contributed by atoms with van der Waals surface area (Å²) in [6.07, 6.45) is 2.52. The molecule has 0 heterocycles. The number of nitrogens with one attached hydrogen (secondary N) is 1. The second kappa shape index (κ2) is 6.41. The Bertz CT molecular complexity index is 480. The minimum Gasteiger partial charge on any atom is -0.271 e. The highest BCUT2D eigenvalue weighted by atomic mass is 19.4. The van der Waals surface area contributed by atoms with Crippen LogP contribution in [-0.4, -0.2) is 0 Å². The van der Waals surface area contributed by atoms with Gasteiger partial charge in [-0.2, -0.15) is 13.2 Å². The van der Waals surface area contributed by atoms with Crippen LogP contribution in [0.5, 0.6) is 0 Å². The van der Waals surface area contributed by atoms with E-state index in [4.69, 9.17) is 5.84 Å². The second-order valence-electron chi connectivity index (χ2n) is 5.12. The fourth-order valence-electron chi connectivity index (χ4n) is 2.67. The van der Waals surface area contributed by atoms with E-state index in [0.717, 1.165) is 31.7 Å². The summed E-state index contributed by atoms with van der Waals surface area (Å²) in [5.41, 5.74) is 3.33. The number of hydrogen-bond acceptors (Lipinski definition) is 2. The van der Waals surface area contributed by atoms with Crippen molar-refractivity contribution in [3.8, 4) is 0 Å². The molecule has 0 bridgehead atoms. The van der Waals surface area contributed by atoms with Crippen LogP contribution in [0.2, 0.25) is 0 Å². The molecule has 0 spiro atoms. The Morgan fingerprint density at radius 2 is 1.95 bits per heavy atom. The van der Waals surface area contributed by atoms with Gasteiger partial charge in [0.05, 0.1) is 11.6 Å². The Morgan fingerprint density at radius 1 is 1.20 bits per heavy atom. The van der Waals surface area contributed by atoms with Crippen molar-refractivity contribution in [1.82, 2.24) is 5.43 Å². The largest absolute Gasteiger partial charge is 0.416 e. The van der Waals surface area contributed by atoms with Crippen molar-refractivity contribution in [2.75, 3.05) is 0 Å².